The summed E-state index contributed by atoms with van der Waals surface area (Å²) in [5.41, 5.74) is -0.479. The highest BCUT2D eigenvalue weighted by Crippen LogP contribution is 2.26. The Balaban J connectivity index is 2.07. The number of hydrogen-bond donors (Lipinski definition) is 1. The minimum absolute atomic E-state index is 0.00600. The van der Waals surface area contributed by atoms with E-state index in [9.17, 15) is 9.59 Å². The molecule has 0 unspecified atom stereocenters. The Labute approximate surface area is 118 Å². The van der Waals surface area contributed by atoms with Gasteiger partial charge >= 0.3 is 0 Å². The first kappa shape index (κ1) is 14.6. The number of carbonyl (C=O) groups excluding carboxylic acids is 2. The lowest BCUT2D eigenvalue weighted by molar-refractivity contribution is -0.143. The number of hydrogen-bond acceptors (Lipinski definition) is 4. The highest BCUT2D eigenvalue weighted by molar-refractivity contribution is 5.97. The Morgan fingerprint density at radius 3 is 2.70 bits per heavy atom. The Hall–Kier alpha value is -1.85. The van der Waals surface area contributed by atoms with E-state index in [2.05, 4.69) is 10.5 Å². The molecular weight excluding hydrogens is 258 g/mol. The summed E-state index contributed by atoms with van der Waals surface area (Å²) < 4.78 is 4.91. The van der Waals surface area contributed by atoms with Gasteiger partial charge in [0.2, 0.25) is 11.8 Å². The highest BCUT2D eigenvalue weighted by Gasteiger charge is 2.38. The average molecular weight is 279 g/mol. The Bertz CT molecular complexity index is 516. The number of aryl methyl sites for hydroxylation is 1. The van der Waals surface area contributed by atoms with Crippen molar-refractivity contribution in [3.05, 3.63) is 11.8 Å². The molecule has 6 heteroatoms. The maximum atomic E-state index is 12.4. The summed E-state index contributed by atoms with van der Waals surface area (Å²) in [6, 6.07) is 1.24. The molecule has 0 saturated carbocycles. The number of nitrogens with zero attached hydrogens (tertiary/aromatic N) is 2. The molecule has 110 valence electrons. The molecule has 2 heterocycles. The van der Waals surface area contributed by atoms with Crippen LogP contribution in [0.3, 0.4) is 0 Å². The minimum atomic E-state index is -0.479. The van der Waals surface area contributed by atoms with Gasteiger partial charge in [0.05, 0.1) is 0 Å². The zero-order chi connectivity index (χ0) is 14.9. The molecule has 1 saturated heterocycles. The summed E-state index contributed by atoms with van der Waals surface area (Å²) in [4.78, 5) is 26.3. The number of likely N-dealkylation sites (tertiary alicyclic amines) is 1. The molecule has 1 N–H and O–H groups in total. The SMILES string of the molecule is Cc1cc(NC(=O)[C@@H]2CCCN2C(=O)C(C)(C)C)no1. The van der Waals surface area contributed by atoms with Crippen LogP contribution in [0.15, 0.2) is 10.6 Å². The molecule has 0 radical (unpaired) electrons. The molecule has 1 atom stereocenters. The lowest BCUT2D eigenvalue weighted by Gasteiger charge is -2.30. The molecule has 1 aliphatic heterocycles. The molecule has 0 aromatic carbocycles. The number of anilines is 1. The van der Waals surface area contributed by atoms with Crippen LogP contribution in [0.25, 0.3) is 0 Å². The summed E-state index contributed by atoms with van der Waals surface area (Å²) >= 11 is 0. The van der Waals surface area contributed by atoms with E-state index >= 15 is 0 Å². The van der Waals surface area contributed by atoms with Crippen LogP contribution in [0, 0.1) is 12.3 Å². The maximum Gasteiger partial charge on any atom is 0.248 e. The summed E-state index contributed by atoms with van der Waals surface area (Å²) in [6.45, 7) is 7.98. The normalized spacial score (nSPS) is 19.2. The topological polar surface area (TPSA) is 75.4 Å². The third-order valence-electron chi connectivity index (χ3n) is 3.34. The summed E-state index contributed by atoms with van der Waals surface area (Å²) in [5, 5.41) is 6.44. The van der Waals surface area contributed by atoms with Crippen molar-refractivity contribution in [2.24, 2.45) is 5.41 Å². The monoisotopic (exact) mass is 279 g/mol. The zero-order valence-corrected chi connectivity index (χ0v) is 12.4. The number of nitrogens with one attached hydrogen (secondary N) is 1. The molecule has 1 aromatic heterocycles. The predicted molar refractivity (Wildman–Crippen MR) is 74.1 cm³/mol. The second-order valence-corrected chi connectivity index (χ2v) is 6.22. The van der Waals surface area contributed by atoms with Crippen molar-refractivity contribution in [3.8, 4) is 0 Å². The quantitative estimate of drug-likeness (QED) is 0.898. The van der Waals surface area contributed by atoms with Crippen molar-refractivity contribution in [2.75, 3.05) is 11.9 Å². The van der Waals surface area contributed by atoms with Gasteiger partial charge in [0.1, 0.15) is 11.8 Å². The van der Waals surface area contributed by atoms with Crippen LogP contribution >= 0.6 is 0 Å². The van der Waals surface area contributed by atoms with Crippen LogP contribution < -0.4 is 5.32 Å². The van der Waals surface area contributed by atoms with Gasteiger partial charge in [0, 0.05) is 18.0 Å². The van der Waals surface area contributed by atoms with E-state index in [-0.39, 0.29) is 11.8 Å². The van der Waals surface area contributed by atoms with Gasteiger partial charge in [-0.3, -0.25) is 9.59 Å². The largest absolute Gasteiger partial charge is 0.360 e. The molecule has 6 nitrogen and oxygen atoms in total. The van der Waals surface area contributed by atoms with Gasteiger partial charge in [0.25, 0.3) is 0 Å². The van der Waals surface area contributed by atoms with E-state index in [0.717, 1.165) is 6.42 Å². The third kappa shape index (κ3) is 3.00. The number of rotatable bonds is 2. The molecule has 20 heavy (non-hydrogen) atoms. The smallest absolute Gasteiger partial charge is 0.248 e. The average Bonchev–Trinajstić information content (AvgIpc) is 2.95. The van der Waals surface area contributed by atoms with Crippen LogP contribution in [-0.4, -0.2) is 34.5 Å². The molecule has 0 spiro atoms. The van der Waals surface area contributed by atoms with Crippen LogP contribution in [0.4, 0.5) is 5.82 Å². The van der Waals surface area contributed by atoms with E-state index < -0.39 is 11.5 Å². The summed E-state index contributed by atoms with van der Waals surface area (Å²) in [7, 11) is 0. The number of carbonyl (C=O) groups is 2. The fourth-order valence-corrected chi connectivity index (χ4v) is 2.35. The van der Waals surface area contributed by atoms with E-state index in [4.69, 9.17) is 4.52 Å². The van der Waals surface area contributed by atoms with Gasteiger partial charge in [-0.1, -0.05) is 25.9 Å². The lowest BCUT2D eigenvalue weighted by atomic mass is 9.94. The van der Waals surface area contributed by atoms with Gasteiger partial charge < -0.3 is 14.7 Å². The number of amides is 2. The van der Waals surface area contributed by atoms with Crippen LogP contribution in [0.1, 0.15) is 39.4 Å². The molecule has 1 aromatic rings. The second-order valence-electron chi connectivity index (χ2n) is 6.22. The molecule has 0 aliphatic carbocycles. The molecule has 2 rings (SSSR count). The maximum absolute atomic E-state index is 12.4. The van der Waals surface area contributed by atoms with Crippen LogP contribution in [0.2, 0.25) is 0 Å². The van der Waals surface area contributed by atoms with Crippen molar-refractivity contribution < 1.29 is 14.1 Å². The first-order valence-corrected chi connectivity index (χ1v) is 6.84. The fourth-order valence-electron chi connectivity index (χ4n) is 2.35. The summed E-state index contributed by atoms with van der Waals surface area (Å²) in [5.74, 6) is 0.830. The van der Waals surface area contributed by atoms with E-state index in [1.54, 1.807) is 17.9 Å². The van der Waals surface area contributed by atoms with Gasteiger partial charge in [-0.15, -0.1) is 0 Å². The van der Waals surface area contributed by atoms with Gasteiger partial charge in [-0.05, 0) is 19.8 Å². The molecule has 1 aliphatic rings. The standard InChI is InChI=1S/C14H21N3O3/c1-9-8-11(16-20-9)15-12(18)10-6-5-7-17(10)13(19)14(2,3)4/h8,10H,5-7H2,1-4H3,(H,15,16,18)/t10-/m0/s1. The van der Waals surface area contributed by atoms with Gasteiger partial charge in [0.15, 0.2) is 5.82 Å². The molecule has 1 fully saturated rings. The first-order chi connectivity index (χ1) is 9.29. The van der Waals surface area contributed by atoms with E-state index in [0.29, 0.717) is 24.5 Å². The Kier molecular flexibility index (Phi) is 3.83. The van der Waals surface area contributed by atoms with Crippen molar-refractivity contribution >= 4 is 17.6 Å². The Morgan fingerprint density at radius 2 is 2.15 bits per heavy atom. The molecule has 0 bridgehead atoms. The second kappa shape index (κ2) is 5.26. The van der Waals surface area contributed by atoms with Crippen molar-refractivity contribution in [2.45, 2.75) is 46.6 Å². The summed E-state index contributed by atoms with van der Waals surface area (Å²) in [6.07, 6.45) is 1.53. The van der Waals surface area contributed by atoms with E-state index in [1.165, 1.54) is 0 Å². The zero-order valence-electron chi connectivity index (χ0n) is 12.4. The van der Waals surface area contributed by atoms with Crippen molar-refractivity contribution in [3.63, 3.8) is 0 Å². The first-order valence-electron chi connectivity index (χ1n) is 6.84. The van der Waals surface area contributed by atoms with Crippen LogP contribution in [-0.2, 0) is 9.59 Å². The lowest BCUT2D eigenvalue weighted by Crippen LogP contribution is -2.47. The van der Waals surface area contributed by atoms with Crippen LogP contribution in [0.5, 0.6) is 0 Å². The predicted octanol–water partition coefficient (Wildman–Crippen LogP) is 1.96. The number of aromatic nitrogens is 1. The highest BCUT2D eigenvalue weighted by atomic mass is 16.5. The minimum Gasteiger partial charge on any atom is -0.360 e. The molecule has 2 amide bonds. The molecular formula is C14H21N3O3. The van der Waals surface area contributed by atoms with Crippen molar-refractivity contribution in [1.82, 2.24) is 10.1 Å². The van der Waals surface area contributed by atoms with Gasteiger partial charge in [-0.2, -0.15) is 0 Å². The van der Waals surface area contributed by atoms with Gasteiger partial charge in [-0.25, -0.2) is 0 Å². The fraction of sp³-hybridized carbons (Fsp3) is 0.643. The Morgan fingerprint density at radius 1 is 1.45 bits per heavy atom. The van der Waals surface area contributed by atoms with Crippen molar-refractivity contribution in [1.29, 1.82) is 0 Å². The third-order valence-corrected chi connectivity index (χ3v) is 3.34. The van der Waals surface area contributed by atoms with E-state index in [1.807, 2.05) is 20.8 Å².